The zero-order valence-corrected chi connectivity index (χ0v) is 15.8. The molecule has 1 aliphatic rings. The lowest BCUT2D eigenvalue weighted by Crippen LogP contribution is -2.29. The van der Waals surface area contributed by atoms with Gasteiger partial charge < -0.3 is 9.67 Å². The third kappa shape index (κ3) is 3.35. The van der Waals surface area contributed by atoms with Crippen LogP contribution in [0, 0.1) is 0 Å². The number of nitrogens with zero attached hydrogens (tertiary/aromatic N) is 2. The predicted molar refractivity (Wildman–Crippen MR) is 106 cm³/mol. The van der Waals surface area contributed by atoms with Crippen molar-refractivity contribution in [3.63, 3.8) is 0 Å². The fourth-order valence-corrected chi connectivity index (χ4v) is 4.04. The van der Waals surface area contributed by atoms with Crippen LogP contribution in [0.4, 0.5) is 0 Å². The Labute approximate surface area is 163 Å². The predicted octanol–water partition coefficient (Wildman–Crippen LogP) is 5.50. The number of halogens is 2. The number of hydrogen-bond acceptors (Lipinski definition) is 2. The van der Waals surface area contributed by atoms with Gasteiger partial charge in [0.15, 0.2) is 0 Å². The second kappa shape index (κ2) is 7.36. The Morgan fingerprint density at radius 3 is 2.62 bits per heavy atom. The maximum absolute atomic E-state index is 10.2. The Morgan fingerprint density at radius 2 is 1.81 bits per heavy atom. The molecular weight excluding hydrogens is 367 g/mol. The molecule has 134 valence electrons. The maximum Gasteiger partial charge on any atom is 0.120 e. The largest absolute Gasteiger partial charge is 0.508 e. The van der Waals surface area contributed by atoms with Crippen molar-refractivity contribution in [2.24, 2.45) is 0 Å². The first-order valence-electron chi connectivity index (χ1n) is 8.74. The van der Waals surface area contributed by atoms with E-state index in [0.29, 0.717) is 22.3 Å². The van der Waals surface area contributed by atoms with E-state index in [4.69, 9.17) is 23.2 Å². The van der Waals surface area contributed by atoms with Gasteiger partial charge in [0.05, 0.1) is 16.1 Å². The molecule has 0 saturated heterocycles. The monoisotopic (exact) mass is 386 g/mol. The molecule has 0 saturated carbocycles. The van der Waals surface area contributed by atoms with E-state index in [-0.39, 0.29) is 6.04 Å². The molecule has 2 aromatic carbocycles. The first-order chi connectivity index (χ1) is 12.6. The Hall–Kier alpha value is -1.94. The van der Waals surface area contributed by atoms with Crippen LogP contribution in [0.15, 0.2) is 60.8 Å². The van der Waals surface area contributed by atoms with Crippen LogP contribution in [0.2, 0.25) is 10.0 Å². The fraction of sp³-hybridized carbons (Fsp3) is 0.238. The molecule has 26 heavy (non-hydrogen) atoms. The van der Waals surface area contributed by atoms with Crippen molar-refractivity contribution in [2.45, 2.75) is 25.6 Å². The molecule has 3 aromatic rings. The standard InChI is InChI=1S/C21H20Cl2N2O/c22-17-9-8-15(13-18(17)23)21-19-6-3-10-24(19)11-4-12-25(21)14-16-5-1-2-7-20(16)26/h1-3,5-10,13,21,26H,4,11-12,14H2/t21-/m0/s1. The normalized spacial score (nSPS) is 17.7. The Bertz CT molecular complexity index is 922. The molecule has 4 rings (SSSR count). The second-order valence-electron chi connectivity index (χ2n) is 6.66. The third-order valence-electron chi connectivity index (χ3n) is 4.98. The molecule has 1 N–H and O–H groups in total. The highest BCUT2D eigenvalue weighted by Gasteiger charge is 2.28. The van der Waals surface area contributed by atoms with Gasteiger partial charge in [-0.15, -0.1) is 0 Å². The van der Waals surface area contributed by atoms with E-state index in [1.165, 1.54) is 5.69 Å². The summed E-state index contributed by atoms with van der Waals surface area (Å²) in [6.45, 7) is 2.58. The van der Waals surface area contributed by atoms with Crippen molar-refractivity contribution < 1.29 is 5.11 Å². The summed E-state index contributed by atoms with van der Waals surface area (Å²) in [4.78, 5) is 2.40. The highest BCUT2D eigenvalue weighted by atomic mass is 35.5. The highest BCUT2D eigenvalue weighted by molar-refractivity contribution is 6.42. The number of hydrogen-bond donors (Lipinski definition) is 1. The average molecular weight is 387 g/mol. The smallest absolute Gasteiger partial charge is 0.120 e. The molecule has 2 heterocycles. The minimum absolute atomic E-state index is 0.0573. The van der Waals surface area contributed by atoms with Gasteiger partial charge in [-0.25, -0.2) is 0 Å². The van der Waals surface area contributed by atoms with Crippen LogP contribution in [-0.2, 0) is 13.1 Å². The summed E-state index contributed by atoms with van der Waals surface area (Å²) < 4.78 is 2.30. The minimum atomic E-state index is 0.0573. The first kappa shape index (κ1) is 17.5. The number of phenols is 1. The van der Waals surface area contributed by atoms with Gasteiger partial charge in [0.25, 0.3) is 0 Å². The molecule has 0 unspecified atom stereocenters. The van der Waals surface area contributed by atoms with Crippen molar-refractivity contribution in [1.82, 2.24) is 9.47 Å². The number of para-hydroxylation sites is 1. The van der Waals surface area contributed by atoms with Gasteiger partial charge in [0.1, 0.15) is 5.75 Å². The molecule has 1 aromatic heterocycles. The lowest BCUT2D eigenvalue weighted by Gasteiger charge is -2.31. The van der Waals surface area contributed by atoms with Crippen LogP contribution in [0.1, 0.15) is 29.3 Å². The molecule has 0 amide bonds. The van der Waals surface area contributed by atoms with Gasteiger partial charge in [-0.3, -0.25) is 4.90 Å². The summed E-state index contributed by atoms with van der Waals surface area (Å²) in [6, 6.07) is 17.7. The Morgan fingerprint density at radius 1 is 0.962 bits per heavy atom. The first-order valence-corrected chi connectivity index (χ1v) is 9.50. The van der Waals surface area contributed by atoms with Crippen molar-refractivity contribution in [1.29, 1.82) is 0 Å². The zero-order valence-electron chi connectivity index (χ0n) is 14.3. The maximum atomic E-state index is 10.2. The Kier molecular flexibility index (Phi) is 4.94. The van der Waals surface area contributed by atoms with Gasteiger partial charge in [0, 0.05) is 37.1 Å². The van der Waals surface area contributed by atoms with Crippen LogP contribution in [0.25, 0.3) is 0 Å². The second-order valence-corrected chi connectivity index (χ2v) is 7.47. The summed E-state index contributed by atoms with van der Waals surface area (Å²) in [7, 11) is 0. The lowest BCUT2D eigenvalue weighted by molar-refractivity contribution is 0.218. The van der Waals surface area contributed by atoms with Crippen LogP contribution in [-0.4, -0.2) is 21.1 Å². The van der Waals surface area contributed by atoms with E-state index in [0.717, 1.165) is 30.6 Å². The van der Waals surface area contributed by atoms with E-state index in [1.807, 2.05) is 36.4 Å². The molecule has 0 radical (unpaired) electrons. The summed E-state index contributed by atoms with van der Waals surface area (Å²) in [5, 5.41) is 11.4. The molecule has 3 nitrogen and oxygen atoms in total. The topological polar surface area (TPSA) is 28.4 Å². The summed E-state index contributed by atoms with van der Waals surface area (Å²) in [5.74, 6) is 0.333. The fourth-order valence-electron chi connectivity index (χ4n) is 3.74. The summed E-state index contributed by atoms with van der Waals surface area (Å²) in [5.41, 5.74) is 3.27. The SMILES string of the molecule is Oc1ccccc1CN1CCCn2cccc2[C@@H]1c1ccc(Cl)c(Cl)c1. The van der Waals surface area contributed by atoms with Crippen LogP contribution < -0.4 is 0 Å². The van der Waals surface area contributed by atoms with Crippen molar-refractivity contribution in [2.75, 3.05) is 6.54 Å². The third-order valence-corrected chi connectivity index (χ3v) is 5.72. The van der Waals surface area contributed by atoms with Gasteiger partial charge in [-0.1, -0.05) is 47.5 Å². The summed E-state index contributed by atoms with van der Waals surface area (Å²) >= 11 is 12.4. The van der Waals surface area contributed by atoms with Crippen LogP contribution in [0.5, 0.6) is 5.75 Å². The van der Waals surface area contributed by atoms with E-state index in [1.54, 1.807) is 6.07 Å². The molecule has 0 spiro atoms. The molecule has 0 bridgehead atoms. The Balaban J connectivity index is 1.78. The number of rotatable bonds is 3. The number of fused-ring (bicyclic) bond motifs is 1. The molecular formula is C21H20Cl2N2O. The lowest BCUT2D eigenvalue weighted by atomic mass is 10.0. The van der Waals surface area contributed by atoms with E-state index in [2.05, 4.69) is 27.8 Å². The van der Waals surface area contributed by atoms with Crippen LogP contribution in [0.3, 0.4) is 0 Å². The van der Waals surface area contributed by atoms with E-state index in [9.17, 15) is 5.11 Å². The van der Waals surface area contributed by atoms with Gasteiger partial charge in [0.2, 0.25) is 0 Å². The van der Waals surface area contributed by atoms with E-state index < -0.39 is 0 Å². The van der Waals surface area contributed by atoms with Gasteiger partial charge >= 0.3 is 0 Å². The number of aromatic nitrogens is 1. The zero-order chi connectivity index (χ0) is 18.1. The number of benzene rings is 2. The molecule has 5 heteroatoms. The molecule has 0 aliphatic carbocycles. The minimum Gasteiger partial charge on any atom is -0.508 e. The van der Waals surface area contributed by atoms with Crippen molar-refractivity contribution in [3.8, 4) is 5.75 Å². The molecule has 0 fully saturated rings. The van der Waals surface area contributed by atoms with E-state index >= 15 is 0 Å². The summed E-state index contributed by atoms with van der Waals surface area (Å²) in [6.07, 6.45) is 3.18. The van der Waals surface area contributed by atoms with Crippen molar-refractivity contribution >= 4 is 23.2 Å². The molecule has 1 atom stereocenters. The van der Waals surface area contributed by atoms with Crippen molar-refractivity contribution in [3.05, 3.63) is 87.7 Å². The average Bonchev–Trinajstić information content (AvgIpc) is 3.01. The highest BCUT2D eigenvalue weighted by Crippen LogP contribution is 2.36. The van der Waals surface area contributed by atoms with Gasteiger partial charge in [-0.2, -0.15) is 0 Å². The number of aryl methyl sites for hydroxylation is 1. The van der Waals surface area contributed by atoms with Crippen LogP contribution >= 0.6 is 23.2 Å². The molecule has 1 aliphatic heterocycles. The number of phenolic OH excluding ortho intramolecular Hbond substituents is 1. The number of aromatic hydroxyl groups is 1. The van der Waals surface area contributed by atoms with Gasteiger partial charge in [-0.05, 0) is 42.3 Å². The quantitative estimate of drug-likeness (QED) is 0.643.